The van der Waals surface area contributed by atoms with Gasteiger partial charge in [0.25, 0.3) is 5.56 Å². The van der Waals surface area contributed by atoms with Gasteiger partial charge >= 0.3 is 0 Å². The van der Waals surface area contributed by atoms with E-state index >= 15 is 0 Å². The molecule has 1 atom stereocenters. The van der Waals surface area contributed by atoms with Gasteiger partial charge in [0.05, 0.1) is 32.9 Å². The first-order valence-electron chi connectivity index (χ1n) is 9.24. The second kappa shape index (κ2) is 7.93. The van der Waals surface area contributed by atoms with Crippen molar-refractivity contribution in [3.8, 4) is 5.69 Å². The Morgan fingerprint density at radius 2 is 1.86 bits per heavy atom. The van der Waals surface area contributed by atoms with Gasteiger partial charge in [0.15, 0.2) is 0 Å². The number of aliphatic imine (C=N–C) groups is 1. The molecule has 0 bridgehead atoms. The summed E-state index contributed by atoms with van der Waals surface area (Å²) < 4.78 is 1.64. The van der Waals surface area contributed by atoms with Crippen molar-refractivity contribution < 1.29 is 0 Å². The predicted octanol–water partition coefficient (Wildman–Crippen LogP) is 4.76. The number of para-hydroxylation sites is 1. The van der Waals surface area contributed by atoms with Crippen molar-refractivity contribution in [2.45, 2.75) is 13.0 Å². The number of hydrogen-bond acceptors (Lipinski definition) is 4. The smallest absolute Gasteiger partial charge is 0.264 e. The molecule has 0 amide bonds. The molecule has 0 spiro atoms. The Balaban J connectivity index is 1.96. The third-order valence-corrected chi connectivity index (χ3v) is 5.55. The molecule has 1 unspecified atom stereocenters. The Morgan fingerprint density at radius 3 is 2.59 bits per heavy atom. The van der Waals surface area contributed by atoms with Gasteiger partial charge in [-0.2, -0.15) is 0 Å². The normalized spacial score (nSPS) is 14.8. The summed E-state index contributed by atoms with van der Waals surface area (Å²) in [7, 11) is 1.95. The van der Waals surface area contributed by atoms with Gasteiger partial charge < -0.3 is 10.2 Å². The minimum absolute atomic E-state index is 0.201. The fraction of sp³-hybridized carbons (Fsp3) is 0.182. The van der Waals surface area contributed by atoms with Crippen LogP contribution >= 0.6 is 23.2 Å². The van der Waals surface area contributed by atoms with E-state index in [0.29, 0.717) is 33.2 Å². The van der Waals surface area contributed by atoms with Crippen LogP contribution in [0.1, 0.15) is 18.7 Å². The number of rotatable bonds is 4. The highest BCUT2D eigenvalue weighted by Gasteiger charge is 2.23. The molecule has 0 fully saturated rings. The van der Waals surface area contributed by atoms with E-state index in [2.05, 4.69) is 10.3 Å². The predicted molar refractivity (Wildman–Crippen MR) is 120 cm³/mol. The van der Waals surface area contributed by atoms with E-state index in [-0.39, 0.29) is 11.6 Å². The fourth-order valence-corrected chi connectivity index (χ4v) is 4.23. The zero-order chi connectivity index (χ0) is 20.5. The molecule has 0 aliphatic carbocycles. The van der Waals surface area contributed by atoms with Crippen molar-refractivity contribution in [3.05, 3.63) is 86.5 Å². The molecule has 0 saturated carbocycles. The minimum Gasteiger partial charge on any atom is -0.375 e. The number of hydrogen-bond donors (Lipinski definition) is 1. The topological polar surface area (TPSA) is 49.6 Å². The van der Waals surface area contributed by atoms with Crippen molar-refractivity contribution in [2.75, 3.05) is 13.7 Å². The molecule has 29 heavy (non-hydrogen) atoms. The highest BCUT2D eigenvalue weighted by molar-refractivity contribution is 6.40. The zero-order valence-electron chi connectivity index (χ0n) is 16.1. The minimum atomic E-state index is -0.261. The second-order valence-electron chi connectivity index (χ2n) is 7.00. The van der Waals surface area contributed by atoms with Crippen LogP contribution in [0.5, 0.6) is 0 Å². The second-order valence-corrected chi connectivity index (χ2v) is 7.78. The van der Waals surface area contributed by atoms with Crippen molar-refractivity contribution in [1.29, 1.82) is 0 Å². The SMILES string of the molecule is CC(NC1=CN(C)CN=C1)c1c(Cl)c2cccc(Cl)c2c(=O)n1-c1ccccc1. The van der Waals surface area contributed by atoms with Gasteiger partial charge in [0, 0.05) is 30.5 Å². The van der Waals surface area contributed by atoms with E-state index in [1.54, 1.807) is 22.9 Å². The van der Waals surface area contributed by atoms with Crippen LogP contribution in [0.2, 0.25) is 10.0 Å². The van der Waals surface area contributed by atoms with Gasteiger partial charge in [-0.3, -0.25) is 14.4 Å². The highest BCUT2D eigenvalue weighted by atomic mass is 35.5. The van der Waals surface area contributed by atoms with Crippen LogP contribution in [0.15, 0.2) is 70.2 Å². The molecular formula is C22H20Cl2N4O. The maximum Gasteiger partial charge on any atom is 0.264 e. The van der Waals surface area contributed by atoms with Crippen LogP contribution in [-0.4, -0.2) is 29.4 Å². The van der Waals surface area contributed by atoms with E-state index in [0.717, 1.165) is 11.4 Å². The number of pyridine rings is 1. The van der Waals surface area contributed by atoms with Crippen molar-refractivity contribution in [3.63, 3.8) is 0 Å². The summed E-state index contributed by atoms with van der Waals surface area (Å²) in [5.41, 5.74) is 2.04. The average Bonchev–Trinajstić information content (AvgIpc) is 2.71. The standard InChI is InChI=1S/C22H20Cl2N4O/c1-14(26-15-11-25-13-27(2)12-15)21-20(24)17-9-6-10-18(23)19(17)22(29)28(21)16-7-4-3-5-8-16/h3-12,14,26H,13H2,1-2H3. The molecule has 4 rings (SSSR count). The largest absolute Gasteiger partial charge is 0.375 e. The highest BCUT2D eigenvalue weighted by Crippen LogP contribution is 2.33. The number of halogens is 2. The lowest BCUT2D eigenvalue weighted by Crippen LogP contribution is -2.31. The number of fused-ring (bicyclic) bond motifs is 1. The molecule has 1 aliphatic rings. The summed E-state index contributed by atoms with van der Waals surface area (Å²) in [6.45, 7) is 2.59. The van der Waals surface area contributed by atoms with Crippen LogP contribution in [0.4, 0.5) is 0 Å². The van der Waals surface area contributed by atoms with Crippen LogP contribution in [-0.2, 0) is 0 Å². The van der Waals surface area contributed by atoms with E-state index in [4.69, 9.17) is 23.2 Å². The lowest BCUT2D eigenvalue weighted by molar-refractivity contribution is 0.457. The molecule has 148 valence electrons. The Labute approximate surface area is 178 Å². The van der Waals surface area contributed by atoms with Gasteiger partial charge in [0.1, 0.15) is 6.67 Å². The number of allylic oxidation sites excluding steroid dienone is 1. The molecule has 2 heterocycles. The number of benzene rings is 2. The molecule has 1 aliphatic heterocycles. The van der Waals surface area contributed by atoms with Gasteiger partial charge in [-0.05, 0) is 25.1 Å². The first kappa shape index (κ1) is 19.6. The van der Waals surface area contributed by atoms with Gasteiger partial charge in [-0.15, -0.1) is 0 Å². The summed E-state index contributed by atoms with van der Waals surface area (Å²) in [5.74, 6) is 0. The van der Waals surface area contributed by atoms with Gasteiger partial charge in [-0.1, -0.05) is 53.5 Å². The van der Waals surface area contributed by atoms with Crippen LogP contribution < -0.4 is 10.9 Å². The first-order chi connectivity index (χ1) is 14.0. The molecular weight excluding hydrogens is 407 g/mol. The third-order valence-electron chi connectivity index (χ3n) is 4.84. The van der Waals surface area contributed by atoms with Gasteiger partial charge in [0.2, 0.25) is 0 Å². The first-order valence-corrected chi connectivity index (χ1v) is 9.99. The Morgan fingerprint density at radius 1 is 1.10 bits per heavy atom. The van der Waals surface area contributed by atoms with Crippen molar-refractivity contribution in [2.24, 2.45) is 4.99 Å². The summed E-state index contributed by atoms with van der Waals surface area (Å²) in [5, 5.41) is 5.35. The maximum atomic E-state index is 13.5. The summed E-state index contributed by atoms with van der Waals surface area (Å²) in [6, 6.07) is 14.5. The Hall–Kier alpha value is -2.76. The van der Waals surface area contributed by atoms with Crippen LogP contribution in [0.25, 0.3) is 16.5 Å². The summed E-state index contributed by atoms with van der Waals surface area (Å²) in [6.07, 6.45) is 3.76. The number of nitrogens with zero attached hydrogens (tertiary/aromatic N) is 3. The molecule has 2 aromatic carbocycles. The summed E-state index contributed by atoms with van der Waals surface area (Å²) in [4.78, 5) is 19.8. The molecule has 5 nitrogen and oxygen atoms in total. The van der Waals surface area contributed by atoms with E-state index in [9.17, 15) is 4.79 Å². The Kier molecular flexibility index (Phi) is 5.35. The van der Waals surface area contributed by atoms with Crippen molar-refractivity contribution in [1.82, 2.24) is 14.8 Å². The molecule has 7 heteroatoms. The van der Waals surface area contributed by atoms with Crippen LogP contribution in [0.3, 0.4) is 0 Å². The zero-order valence-corrected chi connectivity index (χ0v) is 17.6. The van der Waals surface area contributed by atoms with Gasteiger partial charge in [-0.25, -0.2) is 0 Å². The van der Waals surface area contributed by atoms with Crippen LogP contribution in [0, 0.1) is 0 Å². The monoisotopic (exact) mass is 426 g/mol. The average molecular weight is 427 g/mol. The van der Waals surface area contributed by atoms with E-state index in [1.165, 1.54) is 0 Å². The Bertz CT molecular complexity index is 1180. The lowest BCUT2D eigenvalue weighted by atomic mass is 10.1. The summed E-state index contributed by atoms with van der Waals surface area (Å²) >= 11 is 13.2. The van der Waals surface area contributed by atoms with Crippen molar-refractivity contribution >= 4 is 40.2 Å². The quantitative estimate of drug-likeness (QED) is 0.653. The number of aromatic nitrogens is 1. The van der Waals surface area contributed by atoms with E-state index < -0.39 is 0 Å². The molecule has 3 aromatic rings. The molecule has 1 aromatic heterocycles. The number of nitrogens with one attached hydrogen (secondary N) is 1. The fourth-order valence-electron chi connectivity index (χ4n) is 3.57. The lowest BCUT2D eigenvalue weighted by Gasteiger charge is -2.25. The third kappa shape index (κ3) is 3.63. The molecule has 0 saturated heterocycles. The van der Waals surface area contributed by atoms with E-state index in [1.807, 2.05) is 61.5 Å². The molecule has 0 radical (unpaired) electrons. The maximum absolute atomic E-state index is 13.5. The molecule has 1 N–H and O–H groups in total.